The molecule has 0 aromatic carbocycles. The van der Waals surface area contributed by atoms with Crippen molar-refractivity contribution in [1.82, 2.24) is 4.90 Å². The number of nitrogens with zero attached hydrogens (tertiary/aromatic N) is 1. The van der Waals surface area contributed by atoms with E-state index in [1.165, 1.54) is 37.1 Å². The highest BCUT2D eigenvalue weighted by Crippen LogP contribution is 2.43. The molecule has 100 valence electrons. The molecule has 2 saturated carbocycles. The van der Waals surface area contributed by atoms with E-state index >= 15 is 0 Å². The Morgan fingerprint density at radius 2 is 2.17 bits per heavy atom. The second kappa shape index (κ2) is 5.41. The quantitative estimate of drug-likeness (QED) is 0.840. The van der Waals surface area contributed by atoms with E-state index < -0.39 is 0 Å². The van der Waals surface area contributed by atoms with Crippen molar-refractivity contribution in [1.29, 1.82) is 0 Å². The molecule has 0 bridgehead atoms. The maximum atomic E-state index is 6.16. The summed E-state index contributed by atoms with van der Waals surface area (Å²) in [5, 5.41) is 0. The van der Waals surface area contributed by atoms with Gasteiger partial charge in [-0.2, -0.15) is 0 Å². The van der Waals surface area contributed by atoms with Crippen LogP contribution in [-0.4, -0.2) is 24.0 Å². The first-order valence-corrected chi connectivity index (χ1v) is 8.58. The monoisotopic (exact) mass is 348 g/mol. The lowest BCUT2D eigenvalue weighted by atomic mass is 10.2. The smallest absolute Gasteiger partial charge is 0.107 e. The SMILES string of the molecule is NCC(c1cc(Br)c(Cl)s1)N(CC1CC1)C1CC1. The van der Waals surface area contributed by atoms with Crippen LogP contribution in [0.4, 0.5) is 0 Å². The van der Waals surface area contributed by atoms with Crippen LogP contribution in [0.25, 0.3) is 0 Å². The van der Waals surface area contributed by atoms with Gasteiger partial charge in [-0.3, -0.25) is 4.90 Å². The molecule has 1 aromatic rings. The van der Waals surface area contributed by atoms with Gasteiger partial charge in [0.05, 0.1) is 6.04 Å². The predicted octanol–water partition coefficient (Wildman–Crippen LogP) is 4.04. The van der Waals surface area contributed by atoms with Gasteiger partial charge in [0, 0.05) is 28.5 Å². The minimum atomic E-state index is 0.354. The van der Waals surface area contributed by atoms with E-state index in [1.807, 2.05) is 0 Å². The zero-order valence-electron chi connectivity index (χ0n) is 10.2. The summed E-state index contributed by atoms with van der Waals surface area (Å²) >= 11 is 11.3. The summed E-state index contributed by atoms with van der Waals surface area (Å²) in [6, 6.07) is 3.26. The number of rotatable bonds is 6. The van der Waals surface area contributed by atoms with Gasteiger partial charge in [-0.05, 0) is 53.6 Å². The van der Waals surface area contributed by atoms with Gasteiger partial charge in [0.2, 0.25) is 0 Å². The van der Waals surface area contributed by atoms with E-state index in [4.69, 9.17) is 17.3 Å². The standard InChI is InChI=1S/C13H18BrClN2S/c14-10-5-12(18-13(10)15)11(6-16)17(9-3-4-9)7-8-1-2-8/h5,8-9,11H,1-4,6-7,16H2. The molecular weight excluding hydrogens is 332 g/mol. The van der Waals surface area contributed by atoms with Crippen LogP contribution in [0.15, 0.2) is 10.5 Å². The molecule has 5 heteroatoms. The van der Waals surface area contributed by atoms with Crippen LogP contribution in [-0.2, 0) is 0 Å². The Morgan fingerprint density at radius 3 is 2.61 bits per heavy atom. The second-order valence-electron chi connectivity index (χ2n) is 5.39. The lowest BCUT2D eigenvalue weighted by molar-refractivity contribution is 0.185. The van der Waals surface area contributed by atoms with Gasteiger partial charge in [0.1, 0.15) is 4.34 Å². The summed E-state index contributed by atoms with van der Waals surface area (Å²) in [7, 11) is 0. The van der Waals surface area contributed by atoms with Crippen LogP contribution < -0.4 is 5.73 Å². The Labute approximate surface area is 126 Å². The fourth-order valence-electron chi connectivity index (χ4n) is 2.48. The Morgan fingerprint density at radius 1 is 1.44 bits per heavy atom. The van der Waals surface area contributed by atoms with Gasteiger partial charge < -0.3 is 5.73 Å². The molecule has 2 aliphatic rings. The fraction of sp³-hybridized carbons (Fsp3) is 0.692. The minimum absolute atomic E-state index is 0.354. The summed E-state index contributed by atoms with van der Waals surface area (Å²) < 4.78 is 1.84. The van der Waals surface area contributed by atoms with E-state index in [0.29, 0.717) is 12.6 Å². The Balaban J connectivity index is 1.79. The molecule has 0 aliphatic heterocycles. The van der Waals surface area contributed by atoms with Gasteiger partial charge >= 0.3 is 0 Å². The van der Waals surface area contributed by atoms with E-state index in [0.717, 1.165) is 20.8 Å². The van der Waals surface area contributed by atoms with Gasteiger partial charge in [-0.1, -0.05) is 11.6 Å². The summed E-state index contributed by atoms with van der Waals surface area (Å²) in [6.07, 6.45) is 5.47. The number of hydrogen-bond donors (Lipinski definition) is 1. The first kappa shape index (κ1) is 13.4. The van der Waals surface area contributed by atoms with Crippen molar-refractivity contribution in [2.24, 2.45) is 11.7 Å². The molecule has 0 amide bonds. The summed E-state index contributed by atoms with van der Waals surface area (Å²) in [5.41, 5.74) is 6.03. The van der Waals surface area contributed by atoms with Crippen molar-refractivity contribution in [2.45, 2.75) is 37.8 Å². The molecule has 0 saturated heterocycles. The topological polar surface area (TPSA) is 29.3 Å². The Kier molecular flexibility index (Phi) is 4.02. The van der Waals surface area contributed by atoms with Crippen LogP contribution in [0.2, 0.25) is 4.34 Å². The predicted molar refractivity (Wildman–Crippen MR) is 81.3 cm³/mol. The fourth-order valence-corrected chi connectivity index (χ4v) is 4.35. The van der Waals surface area contributed by atoms with Crippen LogP contribution in [0.1, 0.15) is 36.6 Å². The average Bonchev–Trinajstić information content (AvgIpc) is 3.23. The zero-order valence-corrected chi connectivity index (χ0v) is 13.4. The number of hydrogen-bond acceptors (Lipinski definition) is 3. The van der Waals surface area contributed by atoms with E-state index in [9.17, 15) is 0 Å². The number of halogens is 2. The average molecular weight is 350 g/mol. The molecule has 1 aromatic heterocycles. The molecule has 1 unspecified atom stereocenters. The van der Waals surface area contributed by atoms with E-state index in [1.54, 1.807) is 11.3 Å². The molecule has 2 fully saturated rings. The van der Waals surface area contributed by atoms with Crippen molar-refractivity contribution in [3.63, 3.8) is 0 Å². The third-order valence-corrected chi connectivity index (χ3v) is 6.37. The van der Waals surface area contributed by atoms with Crippen LogP contribution in [0.5, 0.6) is 0 Å². The molecular formula is C13H18BrClN2S. The zero-order chi connectivity index (χ0) is 12.7. The molecule has 18 heavy (non-hydrogen) atoms. The molecule has 1 heterocycles. The van der Waals surface area contributed by atoms with E-state index in [2.05, 4.69) is 26.9 Å². The summed E-state index contributed by atoms with van der Waals surface area (Å²) in [4.78, 5) is 3.94. The molecule has 2 N–H and O–H groups in total. The summed E-state index contributed by atoms with van der Waals surface area (Å²) in [5.74, 6) is 0.915. The van der Waals surface area contributed by atoms with Crippen molar-refractivity contribution < 1.29 is 0 Å². The lowest BCUT2D eigenvalue weighted by Crippen LogP contribution is -2.36. The maximum absolute atomic E-state index is 6.16. The molecule has 0 radical (unpaired) electrons. The van der Waals surface area contributed by atoms with Crippen molar-refractivity contribution >= 4 is 38.9 Å². The van der Waals surface area contributed by atoms with Crippen LogP contribution >= 0.6 is 38.9 Å². The summed E-state index contributed by atoms with van der Waals surface area (Å²) in [6.45, 7) is 1.91. The van der Waals surface area contributed by atoms with Crippen molar-refractivity contribution in [2.75, 3.05) is 13.1 Å². The maximum Gasteiger partial charge on any atom is 0.107 e. The third-order valence-electron chi connectivity index (χ3n) is 3.80. The van der Waals surface area contributed by atoms with E-state index in [-0.39, 0.29) is 0 Å². The number of thiophene rings is 1. The number of nitrogens with two attached hydrogens (primary N) is 1. The van der Waals surface area contributed by atoms with Crippen LogP contribution in [0, 0.1) is 5.92 Å². The first-order chi connectivity index (χ1) is 8.69. The molecule has 3 rings (SSSR count). The molecule has 2 nitrogen and oxygen atoms in total. The largest absolute Gasteiger partial charge is 0.329 e. The van der Waals surface area contributed by atoms with Gasteiger partial charge in [0.25, 0.3) is 0 Å². The second-order valence-corrected chi connectivity index (χ2v) is 7.93. The normalized spacial score (nSPS) is 21.6. The Bertz CT molecular complexity index is 409. The van der Waals surface area contributed by atoms with Gasteiger partial charge in [0.15, 0.2) is 0 Å². The van der Waals surface area contributed by atoms with Gasteiger partial charge in [-0.15, -0.1) is 11.3 Å². The third kappa shape index (κ3) is 2.93. The lowest BCUT2D eigenvalue weighted by Gasteiger charge is -2.30. The Hall–Kier alpha value is 0.390. The molecule has 0 spiro atoms. The first-order valence-electron chi connectivity index (χ1n) is 6.59. The molecule has 1 atom stereocenters. The molecule has 2 aliphatic carbocycles. The minimum Gasteiger partial charge on any atom is -0.329 e. The highest BCUT2D eigenvalue weighted by atomic mass is 79.9. The van der Waals surface area contributed by atoms with Crippen LogP contribution in [0.3, 0.4) is 0 Å². The van der Waals surface area contributed by atoms with Crippen molar-refractivity contribution in [3.05, 3.63) is 19.8 Å². The van der Waals surface area contributed by atoms with Crippen molar-refractivity contribution in [3.8, 4) is 0 Å². The highest BCUT2D eigenvalue weighted by molar-refractivity contribution is 9.10. The highest BCUT2D eigenvalue weighted by Gasteiger charge is 2.38. The van der Waals surface area contributed by atoms with Gasteiger partial charge in [-0.25, -0.2) is 0 Å².